The molecule has 1 amide bonds. The molecule has 154 valence electrons. The number of aryl methyl sites for hydroxylation is 2. The first-order valence-electron chi connectivity index (χ1n) is 10.9. The van der Waals surface area contributed by atoms with Gasteiger partial charge in [0.2, 0.25) is 0 Å². The van der Waals surface area contributed by atoms with Gasteiger partial charge in [-0.1, -0.05) is 18.2 Å². The number of rotatable bonds is 3. The lowest BCUT2D eigenvalue weighted by Gasteiger charge is -2.25. The van der Waals surface area contributed by atoms with Crippen LogP contribution in [0.5, 0.6) is 0 Å². The zero-order chi connectivity index (χ0) is 20.5. The lowest BCUT2D eigenvalue weighted by molar-refractivity contribution is 0.0759. The lowest BCUT2D eigenvalue weighted by atomic mass is 10.0. The first-order valence-corrected chi connectivity index (χ1v) is 10.9. The van der Waals surface area contributed by atoms with E-state index >= 15 is 0 Å². The second-order valence-electron chi connectivity index (χ2n) is 8.89. The summed E-state index contributed by atoms with van der Waals surface area (Å²) in [6, 6.07) is 13.4. The first-order chi connectivity index (χ1) is 13.9. The number of hydrogen-bond acceptors (Lipinski definition) is 3. The minimum absolute atomic E-state index is 0.167. The molecule has 0 aliphatic carbocycles. The number of benzene rings is 2. The molecular weight excluding hydrogens is 358 g/mol. The molecule has 2 aliphatic heterocycles. The largest absolute Gasteiger partial charge is 0.363 e. The molecule has 1 fully saturated rings. The summed E-state index contributed by atoms with van der Waals surface area (Å²) < 4.78 is 0. The van der Waals surface area contributed by atoms with Gasteiger partial charge < -0.3 is 9.80 Å². The van der Waals surface area contributed by atoms with E-state index in [1.54, 1.807) is 0 Å². The minimum Gasteiger partial charge on any atom is -0.363 e. The van der Waals surface area contributed by atoms with Gasteiger partial charge in [-0.2, -0.15) is 0 Å². The molecule has 0 saturated carbocycles. The van der Waals surface area contributed by atoms with Crippen LogP contribution in [0.1, 0.15) is 52.9 Å². The van der Waals surface area contributed by atoms with Gasteiger partial charge in [0.1, 0.15) is 0 Å². The van der Waals surface area contributed by atoms with E-state index in [9.17, 15) is 4.79 Å². The minimum atomic E-state index is 0.167. The molecule has 0 radical (unpaired) electrons. The summed E-state index contributed by atoms with van der Waals surface area (Å²) in [5, 5.41) is 0. The number of fused-ring (bicyclic) bond motifs is 1. The van der Waals surface area contributed by atoms with Gasteiger partial charge in [0.25, 0.3) is 5.91 Å². The van der Waals surface area contributed by atoms with Gasteiger partial charge in [0, 0.05) is 56.6 Å². The maximum atomic E-state index is 13.2. The third-order valence-corrected chi connectivity index (χ3v) is 6.54. The van der Waals surface area contributed by atoms with Gasteiger partial charge in [-0.15, -0.1) is 0 Å². The van der Waals surface area contributed by atoms with E-state index in [4.69, 9.17) is 0 Å². The number of carbonyl (C=O) groups is 1. The number of carbonyl (C=O) groups excluding carboxylic acids is 1. The molecule has 0 atom stereocenters. The molecule has 1 saturated heterocycles. The number of anilines is 1. The Morgan fingerprint density at radius 2 is 1.59 bits per heavy atom. The summed E-state index contributed by atoms with van der Waals surface area (Å²) in [5.41, 5.74) is 7.47. The molecule has 2 aromatic carbocycles. The van der Waals surface area contributed by atoms with Crippen LogP contribution in [-0.4, -0.2) is 47.9 Å². The normalized spacial score (nSPS) is 17.6. The maximum Gasteiger partial charge on any atom is 0.253 e. The molecule has 29 heavy (non-hydrogen) atoms. The van der Waals surface area contributed by atoms with Crippen molar-refractivity contribution in [2.75, 3.05) is 31.1 Å². The highest BCUT2D eigenvalue weighted by atomic mass is 16.2. The van der Waals surface area contributed by atoms with Crippen LogP contribution in [0.2, 0.25) is 0 Å². The highest BCUT2D eigenvalue weighted by Gasteiger charge is 2.24. The average Bonchev–Trinajstić information content (AvgIpc) is 2.95. The Kier molecular flexibility index (Phi) is 5.64. The first kappa shape index (κ1) is 20.0. The van der Waals surface area contributed by atoms with E-state index in [0.29, 0.717) is 6.04 Å². The monoisotopic (exact) mass is 391 g/mol. The molecular formula is C25H33N3O. The number of amides is 1. The average molecular weight is 392 g/mol. The Morgan fingerprint density at radius 3 is 2.24 bits per heavy atom. The highest BCUT2D eigenvalue weighted by Crippen LogP contribution is 2.30. The van der Waals surface area contributed by atoms with Crippen LogP contribution in [0.25, 0.3) is 0 Å². The second-order valence-corrected chi connectivity index (χ2v) is 8.89. The van der Waals surface area contributed by atoms with E-state index in [-0.39, 0.29) is 5.91 Å². The Balaban J connectivity index is 1.48. The van der Waals surface area contributed by atoms with Gasteiger partial charge in [-0.05, 0) is 74.6 Å². The van der Waals surface area contributed by atoms with Crippen molar-refractivity contribution in [2.24, 2.45) is 0 Å². The van der Waals surface area contributed by atoms with Crippen molar-refractivity contribution in [3.05, 3.63) is 64.2 Å². The summed E-state index contributed by atoms with van der Waals surface area (Å²) in [5.74, 6) is 0.167. The van der Waals surface area contributed by atoms with Crippen LogP contribution in [0.3, 0.4) is 0 Å². The standard InChI is InChI=1S/C25H33N3O/c1-18(2)26-9-6-10-27(12-11-26)25(29)21-7-5-8-24(15-21)28-16-22-13-19(3)20(4)14-23(22)17-28/h5,7-8,13-15,18H,6,9-12,16-17H2,1-4H3. The van der Waals surface area contributed by atoms with Gasteiger partial charge >= 0.3 is 0 Å². The van der Waals surface area contributed by atoms with E-state index in [2.05, 4.69) is 61.8 Å². The van der Waals surface area contributed by atoms with Gasteiger partial charge in [0.15, 0.2) is 0 Å². The molecule has 2 heterocycles. The SMILES string of the molecule is Cc1cc2c(cc1C)CN(c1cccc(C(=O)N3CCCN(C(C)C)CC3)c1)C2. The molecule has 0 aromatic heterocycles. The summed E-state index contributed by atoms with van der Waals surface area (Å²) in [6.07, 6.45) is 1.05. The zero-order valence-electron chi connectivity index (χ0n) is 18.2. The van der Waals surface area contributed by atoms with Crippen molar-refractivity contribution in [3.8, 4) is 0 Å². The van der Waals surface area contributed by atoms with Crippen molar-refractivity contribution >= 4 is 11.6 Å². The summed E-state index contributed by atoms with van der Waals surface area (Å²) in [6.45, 7) is 14.4. The van der Waals surface area contributed by atoms with E-state index in [1.165, 1.54) is 22.3 Å². The van der Waals surface area contributed by atoms with Crippen molar-refractivity contribution in [3.63, 3.8) is 0 Å². The van der Waals surface area contributed by atoms with Gasteiger partial charge in [-0.25, -0.2) is 0 Å². The van der Waals surface area contributed by atoms with Crippen LogP contribution >= 0.6 is 0 Å². The lowest BCUT2D eigenvalue weighted by Crippen LogP contribution is -2.37. The summed E-state index contributed by atoms with van der Waals surface area (Å²) in [4.78, 5) is 20.1. The highest BCUT2D eigenvalue weighted by molar-refractivity contribution is 5.95. The fraction of sp³-hybridized carbons (Fsp3) is 0.480. The predicted octanol–water partition coefficient (Wildman–Crippen LogP) is 4.38. The third-order valence-electron chi connectivity index (χ3n) is 6.54. The smallest absolute Gasteiger partial charge is 0.253 e. The van der Waals surface area contributed by atoms with E-state index < -0.39 is 0 Å². The van der Waals surface area contributed by atoms with Gasteiger partial charge in [0.05, 0.1) is 0 Å². The van der Waals surface area contributed by atoms with E-state index in [1.807, 2.05) is 17.0 Å². The van der Waals surface area contributed by atoms with Crippen LogP contribution in [0, 0.1) is 13.8 Å². The Morgan fingerprint density at radius 1 is 0.897 bits per heavy atom. The molecule has 4 rings (SSSR count). The predicted molar refractivity (Wildman–Crippen MR) is 119 cm³/mol. The molecule has 2 aliphatic rings. The Hall–Kier alpha value is -2.33. The Bertz CT molecular complexity index is 874. The van der Waals surface area contributed by atoms with Crippen molar-refractivity contribution in [2.45, 2.75) is 53.2 Å². The summed E-state index contributed by atoms with van der Waals surface area (Å²) in [7, 11) is 0. The molecule has 2 aromatic rings. The zero-order valence-corrected chi connectivity index (χ0v) is 18.2. The maximum absolute atomic E-state index is 13.2. The van der Waals surface area contributed by atoms with Gasteiger partial charge in [-0.3, -0.25) is 9.69 Å². The van der Waals surface area contributed by atoms with Crippen LogP contribution < -0.4 is 4.90 Å². The molecule has 0 spiro atoms. The van der Waals surface area contributed by atoms with Crippen molar-refractivity contribution in [1.29, 1.82) is 0 Å². The van der Waals surface area contributed by atoms with E-state index in [0.717, 1.165) is 56.9 Å². The fourth-order valence-corrected chi connectivity index (χ4v) is 4.55. The molecule has 0 bridgehead atoms. The molecule has 4 heteroatoms. The fourth-order valence-electron chi connectivity index (χ4n) is 4.55. The topological polar surface area (TPSA) is 26.8 Å². The third kappa shape index (κ3) is 4.18. The quantitative estimate of drug-likeness (QED) is 0.777. The molecule has 4 nitrogen and oxygen atoms in total. The number of nitrogens with zero attached hydrogens (tertiary/aromatic N) is 3. The molecule has 0 N–H and O–H groups in total. The Labute approximate surface area is 175 Å². The van der Waals surface area contributed by atoms with Crippen molar-refractivity contribution in [1.82, 2.24) is 9.80 Å². The summed E-state index contributed by atoms with van der Waals surface area (Å²) >= 11 is 0. The van der Waals surface area contributed by atoms with Crippen LogP contribution in [0.15, 0.2) is 36.4 Å². The second kappa shape index (κ2) is 8.19. The van der Waals surface area contributed by atoms with Crippen LogP contribution in [-0.2, 0) is 13.1 Å². The number of hydrogen-bond donors (Lipinski definition) is 0. The van der Waals surface area contributed by atoms with Crippen LogP contribution in [0.4, 0.5) is 5.69 Å². The van der Waals surface area contributed by atoms with Crippen molar-refractivity contribution < 1.29 is 4.79 Å². The molecule has 0 unspecified atom stereocenters.